The highest BCUT2D eigenvalue weighted by Gasteiger charge is 2.16. The minimum Gasteiger partial charge on any atom is -0.301 e. The highest BCUT2D eigenvalue weighted by atomic mass is 15.1. The molecular weight excluding hydrogens is 506 g/mol. The van der Waals surface area contributed by atoms with Gasteiger partial charge in [0.15, 0.2) is 0 Å². The maximum Gasteiger partial charge on any atom is 0.00949 e. The van der Waals surface area contributed by atoms with Crippen molar-refractivity contribution in [3.8, 4) is 0 Å². The molecule has 0 atom stereocenters. The third kappa shape index (κ3) is 31.4. The first-order valence-corrected chi connectivity index (χ1v) is 20.1. The summed E-state index contributed by atoms with van der Waals surface area (Å²) < 4.78 is 0. The third-order valence-corrected chi connectivity index (χ3v) is 10.0. The molecule has 0 saturated carbocycles. The molecule has 0 aliphatic rings. The number of nitrogens with zero attached hydrogens (tertiary/aromatic N) is 1. The summed E-state index contributed by atoms with van der Waals surface area (Å²) in [5.41, 5.74) is 0. The van der Waals surface area contributed by atoms with E-state index >= 15 is 0 Å². The third-order valence-electron chi connectivity index (χ3n) is 10.0. The second-order valence-electron chi connectivity index (χ2n) is 15.5. The van der Waals surface area contributed by atoms with Gasteiger partial charge in [-0.25, -0.2) is 0 Å². The molecule has 254 valence electrons. The van der Waals surface area contributed by atoms with Crippen LogP contribution in [-0.4, -0.2) is 24.0 Å². The second kappa shape index (κ2) is 32.4. The van der Waals surface area contributed by atoms with Crippen molar-refractivity contribution in [2.45, 2.75) is 246 Å². The van der Waals surface area contributed by atoms with Crippen LogP contribution in [-0.2, 0) is 0 Å². The first-order valence-electron chi connectivity index (χ1n) is 20.1. The van der Waals surface area contributed by atoms with E-state index in [1.165, 1.54) is 193 Å². The largest absolute Gasteiger partial charge is 0.301 e. The molecule has 0 rings (SSSR count). The molecule has 0 spiro atoms. The number of rotatable bonds is 34. The van der Waals surface area contributed by atoms with E-state index in [0.717, 1.165) is 17.9 Å². The summed E-state index contributed by atoms with van der Waals surface area (Å²) in [5.74, 6) is 1.78. The molecule has 1 nitrogen and oxygen atoms in total. The van der Waals surface area contributed by atoms with Gasteiger partial charge in [-0.3, -0.25) is 0 Å². The van der Waals surface area contributed by atoms with Crippen molar-refractivity contribution in [2.75, 3.05) is 7.05 Å². The molecule has 0 saturated heterocycles. The van der Waals surface area contributed by atoms with Gasteiger partial charge in [-0.1, -0.05) is 207 Å². The monoisotopic (exact) mass is 592 g/mol. The van der Waals surface area contributed by atoms with Gasteiger partial charge in [0.25, 0.3) is 0 Å². The maximum absolute atomic E-state index is 2.68. The van der Waals surface area contributed by atoms with Gasteiger partial charge in [-0.15, -0.1) is 0 Å². The van der Waals surface area contributed by atoms with Crippen LogP contribution in [0.2, 0.25) is 0 Å². The Morgan fingerprint density at radius 2 is 0.476 bits per heavy atom. The molecule has 0 aliphatic heterocycles. The normalized spacial score (nSPS) is 12.3. The lowest BCUT2D eigenvalue weighted by Gasteiger charge is -2.31. The molecule has 0 unspecified atom stereocenters. The van der Waals surface area contributed by atoms with Crippen LogP contribution in [0.3, 0.4) is 0 Å². The van der Waals surface area contributed by atoms with Crippen LogP contribution in [0.5, 0.6) is 0 Å². The Morgan fingerprint density at radius 3 is 0.667 bits per heavy atom. The van der Waals surface area contributed by atoms with Crippen molar-refractivity contribution in [1.82, 2.24) is 4.90 Å². The average molecular weight is 592 g/mol. The predicted molar refractivity (Wildman–Crippen MR) is 195 cm³/mol. The summed E-state index contributed by atoms with van der Waals surface area (Å²) in [5, 5.41) is 0. The van der Waals surface area contributed by atoms with Crippen LogP contribution in [0.15, 0.2) is 0 Å². The van der Waals surface area contributed by atoms with E-state index in [1.54, 1.807) is 0 Å². The molecule has 0 bridgehead atoms. The van der Waals surface area contributed by atoms with Crippen LogP contribution in [0.1, 0.15) is 234 Å². The number of hydrogen-bond donors (Lipinski definition) is 0. The lowest BCUT2D eigenvalue weighted by atomic mass is 9.98. The predicted octanol–water partition coefficient (Wildman–Crippen LogP) is 14.7. The smallest absolute Gasteiger partial charge is 0.00949 e. The molecule has 0 aromatic heterocycles. The quantitative estimate of drug-likeness (QED) is 0.0673. The Balaban J connectivity index is 3.60. The van der Waals surface area contributed by atoms with E-state index in [-0.39, 0.29) is 0 Å². The zero-order valence-electron chi connectivity index (χ0n) is 31.0. The van der Waals surface area contributed by atoms with Crippen molar-refractivity contribution < 1.29 is 0 Å². The minimum absolute atomic E-state index is 0.676. The molecule has 0 amide bonds. The lowest BCUT2D eigenvalue weighted by Crippen LogP contribution is -2.37. The van der Waals surface area contributed by atoms with Crippen molar-refractivity contribution in [2.24, 2.45) is 11.8 Å². The van der Waals surface area contributed by atoms with Gasteiger partial charge in [-0.2, -0.15) is 0 Å². The summed E-state index contributed by atoms with van der Waals surface area (Å²) in [6.07, 6.45) is 43.8. The fourth-order valence-electron chi connectivity index (χ4n) is 6.73. The van der Waals surface area contributed by atoms with Crippen molar-refractivity contribution in [1.29, 1.82) is 0 Å². The second-order valence-corrected chi connectivity index (χ2v) is 15.5. The zero-order valence-corrected chi connectivity index (χ0v) is 31.0. The Hall–Kier alpha value is -0.0400. The average Bonchev–Trinajstić information content (AvgIpc) is 2.95. The summed E-state index contributed by atoms with van der Waals surface area (Å²) in [6.45, 7) is 14.2. The van der Waals surface area contributed by atoms with Gasteiger partial charge < -0.3 is 4.90 Å². The fraction of sp³-hybridized carbons (Fsp3) is 1.00. The van der Waals surface area contributed by atoms with Gasteiger partial charge in [0.2, 0.25) is 0 Å². The van der Waals surface area contributed by atoms with Crippen LogP contribution in [0, 0.1) is 11.8 Å². The molecule has 42 heavy (non-hydrogen) atoms. The summed E-state index contributed by atoms with van der Waals surface area (Å²) in [6, 6.07) is 1.48. The Kier molecular flexibility index (Phi) is 32.3. The van der Waals surface area contributed by atoms with Crippen molar-refractivity contribution in [3.05, 3.63) is 0 Å². The molecule has 0 aromatic rings. The SMILES string of the molecule is CC(C)CCCCCCCCCCCCCCCC(CCCCCCCCCCCCCCCC(C)C)N(C)C(C)C. The zero-order chi connectivity index (χ0) is 31.1. The topological polar surface area (TPSA) is 3.24 Å². The lowest BCUT2D eigenvalue weighted by molar-refractivity contribution is 0.169. The molecule has 0 heterocycles. The fourth-order valence-corrected chi connectivity index (χ4v) is 6.73. The van der Waals surface area contributed by atoms with E-state index in [2.05, 4.69) is 53.5 Å². The summed E-state index contributed by atoms with van der Waals surface area (Å²) >= 11 is 0. The van der Waals surface area contributed by atoms with E-state index in [1.807, 2.05) is 0 Å². The molecule has 0 aliphatic carbocycles. The summed E-state index contributed by atoms with van der Waals surface area (Å²) in [4.78, 5) is 2.68. The van der Waals surface area contributed by atoms with Gasteiger partial charge in [-0.05, 0) is 45.6 Å². The standard InChI is InChI=1S/C41H85N/c1-38(2)34-30-26-22-18-14-10-8-12-16-20-24-28-32-36-41(42(7)40(5)6)37-33-29-25-21-17-13-9-11-15-19-23-27-31-35-39(3)4/h38-41H,8-37H2,1-7H3. The van der Waals surface area contributed by atoms with Gasteiger partial charge in [0.05, 0.1) is 0 Å². The van der Waals surface area contributed by atoms with Gasteiger partial charge in [0, 0.05) is 12.1 Å². The molecule has 0 radical (unpaired) electrons. The van der Waals surface area contributed by atoms with Gasteiger partial charge >= 0.3 is 0 Å². The van der Waals surface area contributed by atoms with Gasteiger partial charge in [0.1, 0.15) is 0 Å². The van der Waals surface area contributed by atoms with Crippen LogP contribution in [0.25, 0.3) is 0 Å². The highest BCUT2D eigenvalue weighted by molar-refractivity contribution is 4.72. The first kappa shape index (κ1) is 42.0. The van der Waals surface area contributed by atoms with Crippen molar-refractivity contribution in [3.63, 3.8) is 0 Å². The molecule has 0 N–H and O–H groups in total. The molecule has 1 heteroatoms. The van der Waals surface area contributed by atoms with Crippen LogP contribution in [0.4, 0.5) is 0 Å². The van der Waals surface area contributed by atoms with E-state index < -0.39 is 0 Å². The Bertz CT molecular complexity index is 457. The van der Waals surface area contributed by atoms with Crippen LogP contribution < -0.4 is 0 Å². The molecule has 0 aromatic carbocycles. The Morgan fingerprint density at radius 1 is 0.286 bits per heavy atom. The van der Waals surface area contributed by atoms with Crippen molar-refractivity contribution >= 4 is 0 Å². The summed E-state index contributed by atoms with van der Waals surface area (Å²) in [7, 11) is 2.38. The van der Waals surface area contributed by atoms with Crippen LogP contribution >= 0.6 is 0 Å². The Labute approximate surface area is 269 Å². The number of unbranched alkanes of at least 4 members (excludes halogenated alkanes) is 24. The van der Waals surface area contributed by atoms with E-state index in [0.29, 0.717) is 6.04 Å². The number of hydrogen-bond acceptors (Lipinski definition) is 1. The van der Waals surface area contributed by atoms with E-state index in [4.69, 9.17) is 0 Å². The minimum atomic E-state index is 0.676. The molecule has 0 fully saturated rings. The maximum atomic E-state index is 2.68. The van der Waals surface area contributed by atoms with E-state index in [9.17, 15) is 0 Å². The highest BCUT2D eigenvalue weighted by Crippen LogP contribution is 2.21. The molecular formula is C41H85N. The first-order chi connectivity index (χ1) is 20.3.